The zero-order valence-corrected chi connectivity index (χ0v) is 19.0. The lowest BCUT2D eigenvalue weighted by Crippen LogP contribution is -2.34. The lowest BCUT2D eigenvalue weighted by Gasteiger charge is -2.32. The Bertz CT molecular complexity index is 1080. The molecule has 7 heteroatoms. The predicted molar refractivity (Wildman–Crippen MR) is 125 cm³/mol. The van der Waals surface area contributed by atoms with Gasteiger partial charge in [0.1, 0.15) is 17.3 Å². The molecule has 33 heavy (non-hydrogen) atoms. The van der Waals surface area contributed by atoms with Gasteiger partial charge < -0.3 is 14.4 Å². The molecule has 0 saturated carbocycles. The van der Waals surface area contributed by atoms with Crippen molar-refractivity contribution in [2.45, 2.75) is 38.8 Å². The molecule has 0 radical (unpaired) electrons. The van der Waals surface area contributed by atoms with Gasteiger partial charge in [0.25, 0.3) is 0 Å². The number of aromatic nitrogens is 2. The molecule has 2 aliphatic heterocycles. The van der Waals surface area contributed by atoms with Crippen LogP contribution in [-0.2, 0) is 19.5 Å². The molecule has 0 N–H and O–H groups in total. The van der Waals surface area contributed by atoms with E-state index in [4.69, 9.17) is 19.4 Å². The highest BCUT2D eigenvalue weighted by Crippen LogP contribution is 2.32. The molecule has 3 aromatic rings. The fourth-order valence-electron chi connectivity index (χ4n) is 4.49. The largest absolute Gasteiger partial charge is 0.497 e. The van der Waals surface area contributed by atoms with Crippen LogP contribution in [0, 0.1) is 5.82 Å². The summed E-state index contributed by atoms with van der Waals surface area (Å²) >= 11 is 0. The van der Waals surface area contributed by atoms with E-state index in [1.807, 2.05) is 12.1 Å². The van der Waals surface area contributed by atoms with Crippen molar-refractivity contribution < 1.29 is 13.9 Å². The van der Waals surface area contributed by atoms with Gasteiger partial charge in [-0.2, -0.15) is 4.98 Å². The van der Waals surface area contributed by atoms with E-state index >= 15 is 0 Å². The number of halogens is 1. The average molecular weight is 449 g/mol. The van der Waals surface area contributed by atoms with Crippen LogP contribution in [0.5, 0.6) is 17.4 Å². The highest BCUT2D eigenvalue weighted by molar-refractivity contribution is 5.44. The Morgan fingerprint density at radius 2 is 1.61 bits per heavy atom. The summed E-state index contributed by atoms with van der Waals surface area (Å²) in [6, 6.07) is 14.3. The first-order valence-electron chi connectivity index (χ1n) is 11.6. The summed E-state index contributed by atoms with van der Waals surface area (Å²) in [4.78, 5) is 14.4. The van der Waals surface area contributed by atoms with Gasteiger partial charge in [-0.05, 0) is 61.2 Å². The Balaban J connectivity index is 1.42. The molecule has 2 aliphatic rings. The third-order valence-electron chi connectivity index (χ3n) is 6.32. The molecule has 1 saturated heterocycles. The quantitative estimate of drug-likeness (QED) is 0.531. The molecule has 3 heterocycles. The molecule has 172 valence electrons. The second-order valence-corrected chi connectivity index (χ2v) is 8.67. The highest BCUT2D eigenvalue weighted by Gasteiger charge is 2.26. The zero-order chi connectivity index (χ0) is 22.6. The van der Waals surface area contributed by atoms with E-state index in [0.29, 0.717) is 18.2 Å². The zero-order valence-electron chi connectivity index (χ0n) is 19.0. The van der Waals surface area contributed by atoms with E-state index in [0.717, 1.165) is 68.4 Å². The Morgan fingerprint density at radius 3 is 2.33 bits per heavy atom. The molecule has 0 atom stereocenters. The van der Waals surface area contributed by atoms with Crippen LogP contribution < -0.4 is 14.4 Å². The summed E-state index contributed by atoms with van der Waals surface area (Å²) in [5.74, 6) is 2.47. The van der Waals surface area contributed by atoms with Crippen LogP contribution in [-0.4, -0.2) is 41.6 Å². The van der Waals surface area contributed by atoms with Gasteiger partial charge in [0.2, 0.25) is 11.8 Å². The van der Waals surface area contributed by atoms with E-state index < -0.39 is 0 Å². The normalized spacial score (nSPS) is 16.4. The van der Waals surface area contributed by atoms with Crippen LogP contribution >= 0.6 is 0 Å². The topological polar surface area (TPSA) is 50.7 Å². The SMILES string of the molecule is COc1ccc(CN2CCc3nc(N4CCCCC4)nc(Oc4ccc(F)cc4)c3C2)cc1. The third-order valence-corrected chi connectivity index (χ3v) is 6.32. The Hall–Kier alpha value is -3.19. The van der Waals surface area contributed by atoms with E-state index in [9.17, 15) is 4.39 Å². The minimum atomic E-state index is -0.285. The van der Waals surface area contributed by atoms with Crippen LogP contribution in [0.25, 0.3) is 0 Å². The van der Waals surface area contributed by atoms with Crippen molar-refractivity contribution in [2.24, 2.45) is 0 Å². The third kappa shape index (κ3) is 5.09. The molecular weight excluding hydrogens is 419 g/mol. The first-order valence-corrected chi connectivity index (χ1v) is 11.6. The molecule has 0 spiro atoms. The maximum absolute atomic E-state index is 13.4. The number of methoxy groups -OCH3 is 1. The molecule has 5 rings (SSSR count). The smallest absolute Gasteiger partial charge is 0.228 e. The van der Waals surface area contributed by atoms with Gasteiger partial charge in [0, 0.05) is 39.1 Å². The summed E-state index contributed by atoms with van der Waals surface area (Å²) in [5.41, 5.74) is 3.29. The van der Waals surface area contributed by atoms with Crippen molar-refractivity contribution in [3.05, 3.63) is 71.2 Å². The number of hydrogen-bond acceptors (Lipinski definition) is 6. The fourth-order valence-corrected chi connectivity index (χ4v) is 4.49. The first kappa shape index (κ1) is 21.6. The van der Waals surface area contributed by atoms with Gasteiger partial charge in [0.15, 0.2) is 0 Å². The summed E-state index contributed by atoms with van der Waals surface area (Å²) in [7, 11) is 1.68. The van der Waals surface area contributed by atoms with Gasteiger partial charge in [-0.1, -0.05) is 12.1 Å². The monoisotopic (exact) mass is 448 g/mol. The van der Waals surface area contributed by atoms with E-state index in [2.05, 4.69) is 21.9 Å². The van der Waals surface area contributed by atoms with E-state index in [1.54, 1.807) is 19.2 Å². The molecule has 0 unspecified atom stereocenters. The average Bonchev–Trinajstić information content (AvgIpc) is 2.86. The molecular formula is C26H29FN4O2. The van der Waals surface area contributed by atoms with Crippen LogP contribution in [0.15, 0.2) is 48.5 Å². The second-order valence-electron chi connectivity index (χ2n) is 8.67. The number of rotatable bonds is 6. The summed E-state index contributed by atoms with van der Waals surface area (Å²) in [6.45, 7) is 4.40. The number of hydrogen-bond donors (Lipinski definition) is 0. The minimum absolute atomic E-state index is 0.285. The fraction of sp³-hybridized carbons (Fsp3) is 0.385. The number of fused-ring (bicyclic) bond motifs is 1. The molecule has 1 fully saturated rings. The number of nitrogens with zero attached hydrogens (tertiary/aromatic N) is 4. The molecule has 0 aliphatic carbocycles. The van der Waals surface area contributed by atoms with Crippen molar-refractivity contribution in [1.82, 2.24) is 14.9 Å². The molecule has 0 bridgehead atoms. The van der Waals surface area contributed by atoms with Gasteiger partial charge in [-0.15, -0.1) is 0 Å². The van der Waals surface area contributed by atoms with Crippen molar-refractivity contribution in [1.29, 1.82) is 0 Å². The lowest BCUT2D eigenvalue weighted by atomic mass is 10.1. The predicted octanol–water partition coefficient (Wildman–Crippen LogP) is 4.97. The van der Waals surface area contributed by atoms with Gasteiger partial charge in [-0.25, -0.2) is 9.37 Å². The number of benzene rings is 2. The van der Waals surface area contributed by atoms with E-state index in [1.165, 1.54) is 24.1 Å². The minimum Gasteiger partial charge on any atom is -0.497 e. The summed E-state index contributed by atoms with van der Waals surface area (Å²) < 4.78 is 24.9. The number of ether oxygens (including phenoxy) is 2. The van der Waals surface area contributed by atoms with Crippen molar-refractivity contribution in [3.63, 3.8) is 0 Å². The Morgan fingerprint density at radius 1 is 0.879 bits per heavy atom. The van der Waals surface area contributed by atoms with E-state index in [-0.39, 0.29) is 5.82 Å². The van der Waals surface area contributed by atoms with Gasteiger partial charge >= 0.3 is 0 Å². The van der Waals surface area contributed by atoms with Crippen molar-refractivity contribution >= 4 is 5.95 Å². The summed E-state index contributed by atoms with van der Waals surface area (Å²) in [5, 5.41) is 0. The maximum atomic E-state index is 13.4. The second kappa shape index (κ2) is 9.75. The summed E-state index contributed by atoms with van der Waals surface area (Å²) in [6.07, 6.45) is 4.41. The first-order chi connectivity index (χ1) is 16.2. The highest BCUT2D eigenvalue weighted by atomic mass is 19.1. The molecule has 6 nitrogen and oxygen atoms in total. The van der Waals surface area contributed by atoms with Crippen molar-refractivity contribution in [2.75, 3.05) is 31.6 Å². The standard InChI is InChI=1S/C26H29FN4O2/c1-32-21-9-5-19(6-10-21)17-30-16-13-24-23(18-30)25(33-22-11-7-20(27)8-12-22)29-26(28-24)31-14-3-2-4-15-31/h5-12H,2-4,13-18H2,1H3. The molecule has 1 aromatic heterocycles. The van der Waals surface area contributed by atoms with Crippen LogP contribution in [0.1, 0.15) is 36.1 Å². The van der Waals surface area contributed by atoms with Gasteiger partial charge in [-0.3, -0.25) is 4.90 Å². The van der Waals surface area contributed by atoms with Crippen LogP contribution in [0.4, 0.5) is 10.3 Å². The van der Waals surface area contributed by atoms with Crippen molar-refractivity contribution in [3.8, 4) is 17.4 Å². The van der Waals surface area contributed by atoms with Crippen LogP contribution in [0.3, 0.4) is 0 Å². The molecule has 0 amide bonds. The Labute approximate surface area is 194 Å². The number of piperidine rings is 1. The Kier molecular flexibility index (Phi) is 6.39. The van der Waals surface area contributed by atoms with Crippen LogP contribution in [0.2, 0.25) is 0 Å². The lowest BCUT2D eigenvalue weighted by molar-refractivity contribution is 0.238. The van der Waals surface area contributed by atoms with Gasteiger partial charge in [0.05, 0.1) is 18.4 Å². The maximum Gasteiger partial charge on any atom is 0.228 e. The molecule has 2 aromatic carbocycles. The number of anilines is 1.